The van der Waals surface area contributed by atoms with E-state index in [9.17, 15) is 9.59 Å². The van der Waals surface area contributed by atoms with E-state index in [-0.39, 0.29) is 18.9 Å². The summed E-state index contributed by atoms with van der Waals surface area (Å²) in [5.41, 5.74) is 1.03. The molecule has 0 bridgehead atoms. The fraction of sp³-hybridized carbons (Fsp3) is 0.267. The molecular formula is C15H16N2O4. The Morgan fingerprint density at radius 2 is 2.05 bits per heavy atom. The van der Waals surface area contributed by atoms with Crippen molar-refractivity contribution >= 4 is 22.8 Å². The van der Waals surface area contributed by atoms with Gasteiger partial charge < -0.3 is 15.2 Å². The number of ether oxygens (including phenoxy) is 1. The first kappa shape index (κ1) is 14.9. The summed E-state index contributed by atoms with van der Waals surface area (Å²) < 4.78 is 5.00. The smallest absolute Gasteiger partial charge is 0.306 e. The van der Waals surface area contributed by atoms with Crippen LogP contribution in [0.5, 0.6) is 0 Å². The van der Waals surface area contributed by atoms with Crippen molar-refractivity contribution in [1.29, 1.82) is 0 Å². The van der Waals surface area contributed by atoms with Crippen LogP contribution in [0.1, 0.15) is 16.9 Å². The van der Waals surface area contributed by atoms with Gasteiger partial charge >= 0.3 is 5.97 Å². The van der Waals surface area contributed by atoms with Crippen LogP contribution >= 0.6 is 0 Å². The lowest BCUT2D eigenvalue weighted by atomic mass is 10.2. The maximum atomic E-state index is 12.0. The van der Waals surface area contributed by atoms with Crippen molar-refractivity contribution in [3.63, 3.8) is 0 Å². The molecule has 1 aromatic heterocycles. The van der Waals surface area contributed by atoms with E-state index >= 15 is 0 Å². The van der Waals surface area contributed by atoms with Crippen LogP contribution in [-0.4, -0.2) is 41.7 Å². The van der Waals surface area contributed by atoms with E-state index in [0.29, 0.717) is 5.69 Å². The number of nitrogens with one attached hydrogen (secondary N) is 1. The molecule has 0 fully saturated rings. The number of carbonyl (C=O) groups excluding carboxylic acids is 1. The van der Waals surface area contributed by atoms with Crippen molar-refractivity contribution in [2.24, 2.45) is 0 Å². The molecular weight excluding hydrogens is 272 g/mol. The number of aliphatic carboxylic acids is 1. The van der Waals surface area contributed by atoms with E-state index in [2.05, 4.69) is 10.3 Å². The quantitative estimate of drug-likeness (QED) is 0.840. The van der Waals surface area contributed by atoms with Gasteiger partial charge in [-0.3, -0.25) is 9.59 Å². The predicted molar refractivity (Wildman–Crippen MR) is 77.1 cm³/mol. The van der Waals surface area contributed by atoms with Crippen LogP contribution in [0.4, 0.5) is 0 Å². The van der Waals surface area contributed by atoms with Gasteiger partial charge in [0, 0.05) is 19.0 Å². The number of aromatic nitrogens is 1. The minimum absolute atomic E-state index is 0.121. The van der Waals surface area contributed by atoms with E-state index in [4.69, 9.17) is 9.84 Å². The maximum absolute atomic E-state index is 12.0. The topological polar surface area (TPSA) is 88.5 Å². The second-order valence-electron chi connectivity index (χ2n) is 4.55. The number of carboxylic acids is 1. The number of fused-ring (bicyclic) bond motifs is 1. The molecule has 6 nitrogen and oxygen atoms in total. The summed E-state index contributed by atoms with van der Waals surface area (Å²) in [4.78, 5) is 26.9. The van der Waals surface area contributed by atoms with Crippen molar-refractivity contribution in [3.8, 4) is 0 Å². The summed E-state index contributed by atoms with van der Waals surface area (Å²) in [6.45, 7) is 0.121. The number of hydrogen-bond donors (Lipinski definition) is 2. The first-order chi connectivity index (χ1) is 10.1. The van der Waals surface area contributed by atoms with E-state index in [1.54, 1.807) is 6.07 Å². The zero-order chi connectivity index (χ0) is 15.2. The van der Waals surface area contributed by atoms with Gasteiger partial charge in [-0.05, 0) is 12.1 Å². The molecule has 1 atom stereocenters. The number of pyridine rings is 1. The summed E-state index contributed by atoms with van der Waals surface area (Å²) in [5.74, 6) is -1.33. The van der Waals surface area contributed by atoms with Crippen molar-refractivity contribution < 1.29 is 19.4 Å². The van der Waals surface area contributed by atoms with Gasteiger partial charge in [0.25, 0.3) is 5.91 Å². The second kappa shape index (κ2) is 6.81. The van der Waals surface area contributed by atoms with Crippen LogP contribution in [0, 0.1) is 0 Å². The second-order valence-corrected chi connectivity index (χ2v) is 4.55. The Morgan fingerprint density at radius 1 is 1.29 bits per heavy atom. The Hall–Kier alpha value is -2.47. The molecule has 0 aliphatic carbocycles. The van der Waals surface area contributed by atoms with E-state index in [1.165, 1.54) is 7.11 Å². The SMILES string of the molecule is COC(CNC(=O)c1ccc2ccccc2n1)CC(=O)O. The zero-order valence-corrected chi connectivity index (χ0v) is 11.6. The first-order valence-corrected chi connectivity index (χ1v) is 6.48. The molecule has 1 heterocycles. The molecule has 0 radical (unpaired) electrons. The molecule has 0 aliphatic rings. The van der Waals surface area contributed by atoms with Gasteiger partial charge in [0.2, 0.25) is 0 Å². The third kappa shape index (κ3) is 4.00. The highest BCUT2D eigenvalue weighted by molar-refractivity contribution is 5.94. The fourth-order valence-corrected chi connectivity index (χ4v) is 1.92. The largest absolute Gasteiger partial charge is 0.481 e. The summed E-state index contributed by atoms with van der Waals surface area (Å²) >= 11 is 0. The number of carboxylic acid groups (broad SMARTS) is 1. The molecule has 6 heteroatoms. The van der Waals surface area contributed by atoms with Crippen molar-refractivity contribution in [2.45, 2.75) is 12.5 Å². The number of methoxy groups -OCH3 is 1. The third-order valence-electron chi connectivity index (χ3n) is 3.06. The lowest BCUT2D eigenvalue weighted by Gasteiger charge is -2.13. The summed E-state index contributed by atoms with van der Waals surface area (Å²) in [7, 11) is 1.41. The monoisotopic (exact) mass is 288 g/mol. The van der Waals surface area contributed by atoms with Crippen molar-refractivity contribution in [1.82, 2.24) is 10.3 Å². The van der Waals surface area contributed by atoms with Crippen LogP contribution < -0.4 is 5.32 Å². The number of nitrogens with zero attached hydrogens (tertiary/aromatic N) is 1. The number of para-hydroxylation sites is 1. The Kier molecular flexibility index (Phi) is 4.84. The Balaban J connectivity index is 2.03. The summed E-state index contributed by atoms with van der Waals surface area (Å²) in [6, 6.07) is 11.0. The van der Waals surface area contributed by atoms with Gasteiger partial charge in [-0.2, -0.15) is 0 Å². The van der Waals surface area contributed by atoms with Gasteiger partial charge in [0.05, 0.1) is 18.0 Å². The van der Waals surface area contributed by atoms with Crippen molar-refractivity contribution in [3.05, 3.63) is 42.1 Å². The maximum Gasteiger partial charge on any atom is 0.306 e. The molecule has 110 valence electrons. The molecule has 21 heavy (non-hydrogen) atoms. The zero-order valence-electron chi connectivity index (χ0n) is 11.6. The van der Waals surface area contributed by atoms with Crippen LogP contribution in [-0.2, 0) is 9.53 Å². The van der Waals surface area contributed by atoms with E-state index < -0.39 is 12.1 Å². The Labute approximate surface area is 121 Å². The van der Waals surface area contributed by atoms with Crippen LogP contribution in [0.2, 0.25) is 0 Å². The molecule has 1 unspecified atom stereocenters. The molecule has 2 aromatic rings. The Bertz CT molecular complexity index is 657. The lowest BCUT2D eigenvalue weighted by Crippen LogP contribution is -2.34. The van der Waals surface area contributed by atoms with E-state index in [0.717, 1.165) is 10.9 Å². The minimum Gasteiger partial charge on any atom is -0.481 e. The highest BCUT2D eigenvalue weighted by Crippen LogP contribution is 2.11. The minimum atomic E-state index is -0.972. The fourth-order valence-electron chi connectivity index (χ4n) is 1.92. The number of carbonyl (C=O) groups is 2. The lowest BCUT2D eigenvalue weighted by molar-refractivity contribution is -0.139. The molecule has 1 aromatic carbocycles. The van der Waals surface area contributed by atoms with Crippen LogP contribution in [0.25, 0.3) is 10.9 Å². The molecule has 2 N–H and O–H groups in total. The molecule has 0 spiro atoms. The number of rotatable bonds is 6. The number of amides is 1. The molecule has 0 saturated carbocycles. The number of hydrogen-bond acceptors (Lipinski definition) is 4. The summed E-state index contributed by atoms with van der Waals surface area (Å²) in [5, 5.41) is 12.3. The average Bonchev–Trinajstić information content (AvgIpc) is 2.50. The molecule has 0 aliphatic heterocycles. The van der Waals surface area contributed by atoms with Gasteiger partial charge in [-0.25, -0.2) is 4.98 Å². The van der Waals surface area contributed by atoms with Gasteiger partial charge in [0.1, 0.15) is 5.69 Å². The Morgan fingerprint density at radius 3 is 2.76 bits per heavy atom. The van der Waals surface area contributed by atoms with Crippen molar-refractivity contribution in [2.75, 3.05) is 13.7 Å². The number of benzene rings is 1. The van der Waals surface area contributed by atoms with E-state index in [1.807, 2.05) is 30.3 Å². The predicted octanol–water partition coefficient (Wildman–Crippen LogP) is 1.45. The van der Waals surface area contributed by atoms with Crippen LogP contribution in [0.3, 0.4) is 0 Å². The van der Waals surface area contributed by atoms with Gasteiger partial charge in [0.15, 0.2) is 0 Å². The van der Waals surface area contributed by atoms with Crippen LogP contribution in [0.15, 0.2) is 36.4 Å². The van der Waals surface area contributed by atoms with Gasteiger partial charge in [-0.15, -0.1) is 0 Å². The normalized spacial score (nSPS) is 12.0. The molecule has 1 amide bonds. The average molecular weight is 288 g/mol. The molecule has 0 saturated heterocycles. The summed E-state index contributed by atoms with van der Waals surface area (Å²) in [6.07, 6.45) is -0.728. The first-order valence-electron chi connectivity index (χ1n) is 6.48. The third-order valence-corrected chi connectivity index (χ3v) is 3.06. The molecule has 2 rings (SSSR count). The highest BCUT2D eigenvalue weighted by atomic mass is 16.5. The highest BCUT2D eigenvalue weighted by Gasteiger charge is 2.15. The van der Waals surface area contributed by atoms with Gasteiger partial charge in [-0.1, -0.05) is 24.3 Å². The standard InChI is InChI=1S/C15H16N2O4/c1-21-11(8-14(18)19)9-16-15(20)13-7-6-10-4-2-3-5-12(10)17-13/h2-7,11H,8-9H2,1H3,(H,16,20)(H,18,19).